The third-order valence-corrected chi connectivity index (χ3v) is 5.59. The summed E-state index contributed by atoms with van der Waals surface area (Å²) in [7, 11) is 3.11. The highest BCUT2D eigenvalue weighted by Gasteiger charge is 2.26. The number of morpholine rings is 1. The maximum Gasteiger partial charge on any atom is 0.276 e. The predicted molar refractivity (Wildman–Crippen MR) is 124 cm³/mol. The van der Waals surface area contributed by atoms with E-state index in [1.54, 1.807) is 43.4 Å². The molecule has 1 aliphatic heterocycles. The third-order valence-electron chi connectivity index (χ3n) is 5.59. The summed E-state index contributed by atoms with van der Waals surface area (Å²) in [5.74, 6) is 0.993. The number of hydrogen-bond acceptors (Lipinski definition) is 7. The van der Waals surface area contributed by atoms with Crippen LogP contribution in [0.1, 0.15) is 16.1 Å². The number of benzene rings is 2. The molecular weight excluding hydrogens is 438 g/mol. The van der Waals surface area contributed by atoms with Crippen LogP contribution in [-0.2, 0) is 16.1 Å². The number of methoxy groups -OCH3 is 2. The van der Waals surface area contributed by atoms with Crippen molar-refractivity contribution in [3.8, 4) is 22.8 Å². The monoisotopic (exact) mass is 465 g/mol. The number of carbonyl (C=O) groups is 2. The lowest BCUT2D eigenvalue weighted by Gasteiger charge is -2.29. The van der Waals surface area contributed by atoms with Crippen LogP contribution >= 0.6 is 0 Å². The summed E-state index contributed by atoms with van der Waals surface area (Å²) in [5.41, 5.74) is 1.61. The van der Waals surface area contributed by atoms with Crippen molar-refractivity contribution in [2.45, 2.75) is 6.54 Å². The quantitative estimate of drug-likeness (QED) is 0.505. The zero-order chi connectivity index (χ0) is 23.9. The average molecular weight is 466 g/mol. The van der Waals surface area contributed by atoms with Crippen LogP contribution in [0, 0.1) is 0 Å². The van der Waals surface area contributed by atoms with E-state index in [2.05, 4.69) is 5.16 Å². The van der Waals surface area contributed by atoms with Crippen molar-refractivity contribution in [2.75, 3.05) is 47.1 Å². The molecule has 9 heteroatoms. The highest BCUT2D eigenvalue weighted by Crippen LogP contribution is 2.34. The fourth-order valence-corrected chi connectivity index (χ4v) is 3.75. The second-order valence-electron chi connectivity index (χ2n) is 7.78. The van der Waals surface area contributed by atoms with Crippen LogP contribution < -0.4 is 9.47 Å². The van der Waals surface area contributed by atoms with Crippen molar-refractivity contribution < 1.29 is 28.3 Å². The van der Waals surface area contributed by atoms with Gasteiger partial charge >= 0.3 is 0 Å². The van der Waals surface area contributed by atoms with Crippen LogP contribution in [0.3, 0.4) is 0 Å². The molecule has 0 N–H and O–H groups in total. The molecule has 0 bridgehead atoms. The molecule has 0 spiro atoms. The number of carbonyl (C=O) groups excluding carboxylic acids is 2. The van der Waals surface area contributed by atoms with E-state index in [9.17, 15) is 9.59 Å². The Hall–Kier alpha value is -3.85. The fraction of sp³-hybridized carbons (Fsp3) is 0.320. The lowest BCUT2D eigenvalue weighted by molar-refractivity contribution is -0.136. The van der Waals surface area contributed by atoms with E-state index in [1.165, 1.54) is 4.90 Å². The lowest BCUT2D eigenvalue weighted by atomic mass is 10.1. The average Bonchev–Trinajstić information content (AvgIpc) is 3.38. The topological polar surface area (TPSA) is 94.3 Å². The maximum atomic E-state index is 13.4. The van der Waals surface area contributed by atoms with Crippen LogP contribution in [-0.4, -0.2) is 73.8 Å². The first kappa shape index (κ1) is 23.3. The summed E-state index contributed by atoms with van der Waals surface area (Å²) in [6, 6.07) is 16.3. The molecule has 3 aromatic rings. The summed E-state index contributed by atoms with van der Waals surface area (Å²) in [4.78, 5) is 29.6. The minimum Gasteiger partial charge on any atom is -0.497 e. The molecule has 1 saturated heterocycles. The Morgan fingerprint density at radius 3 is 2.50 bits per heavy atom. The van der Waals surface area contributed by atoms with Crippen molar-refractivity contribution in [1.29, 1.82) is 0 Å². The normalized spacial score (nSPS) is 13.4. The first-order chi connectivity index (χ1) is 16.6. The first-order valence-corrected chi connectivity index (χ1v) is 11.0. The fourth-order valence-electron chi connectivity index (χ4n) is 3.75. The van der Waals surface area contributed by atoms with E-state index in [-0.39, 0.29) is 24.7 Å². The maximum absolute atomic E-state index is 13.4. The molecule has 0 unspecified atom stereocenters. The van der Waals surface area contributed by atoms with Gasteiger partial charge in [-0.2, -0.15) is 0 Å². The van der Waals surface area contributed by atoms with Crippen LogP contribution in [0.5, 0.6) is 11.5 Å². The highest BCUT2D eigenvalue weighted by molar-refractivity contribution is 5.95. The molecule has 4 rings (SSSR count). The van der Waals surface area contributed by atoms with E-state index in [1.807, 2.05) is 30.3 Å². The van der Waals surface area contributed by atoms with Crippen LogP contribution in [0.4, 0.5) is 0 Å². The summed E-state index contributed by atoms with van der Waals surface area (Å²) in [6.45, 7) is 2.20. The van der Waals surface area contributed by atoms with E-state index in [4.69, 9.17) is 18.7 Å². The summed E-state index contributed by atoms with van der Waals surface area (Å²) >= 11 is 0. The standard InChI is InChI=1S/C25H27N3O6/c1-31-19-8-9-22(32-2)20(14-19)23-15-21(26-34-23)25(30)28(16-18-6-4-3-5-7-18)17-24(29)27-10-12-33-13-11-27/h3-9,14-15H,10-13,16-17H2,1-2H3. The van der Waals surface area contributed by atoms with Crippen molar-refractivity contribution >= 4 is 11.8 Å². The molecule has 9 nitrogen and oxygen atoms in total. The number of ether oxygens (including phenoxy) is 3. The molecule has 0 saturated carbocycles. The number of aromatic nitrogens is 1. The van der Waals surface area contributed by atoms with E-state index >= 15 is 0 Å². The Kier molecular flexibility index (Phi) is 7.44. The van der Waals surface area contributed by atoms with Gasteiger partial charge in [0.15, 0.2) is 11.5 Å². The van der Waals surface area contributed by atoms with Gasteiger partial charge in [-0.3, -0.25) is 9.59 Å². The molecule has 2 amide bonds. The Labute approximate surface area is 197 Å². The number of rotatable bonds is 8. The number of nitrogens with zero attached hydrogens (tertiary/aromatic N) is 3. The van der Waals surface area contributed by atoms with Gasteiger partial charge in [-0.25, -0.2) is 0 Å². The van der Waals surface area contributed by atoms with Crippen molar-refractivity contribution in [3.05, 3.63) is 65.9 Å². The van der Waals surface area contributed by atoms with Gasteiger partial charge in [0.05, 0.1) is 33.0 Å². The molecule has 0 atom stereocenters. The molecule has 34 heavy (non-hydrogen) atoms. The van der Waals surface area contributed by atoms with Gasteiger partial charge in [0, 0.05) is 25.7 Å². The summed E-state index contributed by atoms with van der Waals surface area (Å²) in [5, 5.41) is 4.00. The van der Waals surface area contributed by atoms with Crippen molar-refractivity contribution in [1.82, 2.24) is 15.0 Å². The van der Waals surface area contributed by atoms with Gasteiger partial charge in [0.25, 0.3) is 5.91 Å². The van der Waals surface area contributed by atoms with Crippen LogP contribution in [0.25, 0.3) is 11.3 Å². The molecule has 2 heterocycles. The molecule has 0 radical (unpaired) electrons. The molecule has 178 valence electrons. The SMILES string of the molecule is COc1ccc(OC)c(-c2cc(C(=O)N(CC(=O)N3CCOCC3)Cc3ccccc3)no2)c1. The largest absolute Gasteiger partial charge is 0.497 e. The Morgan fingerprint density at radius 1 is 1.03 bits per heavy atom. The molecule has 2 aromatic carbocycles. The minimum absolute atomic E-state index is 0.0710. The Morgan fingerprint density at radius 2 is 1.79 bits per heavy atom. The smallest absolute Gasteiger partial charge is 0.276 e. The van der Waals surface area contributed by atoms with Gasteiger partial charge in [-0.05, 0) is 23.8 Å². The predicted octanol–water partition coefficient (Wildman–Crippen LogP) is 2.86. The zero-order valence-corrected chi connectivity index (χ0v) is 19.2. The minimum atomic E-state index is -0.401. The first-order valence-electron chi connectivity index (χ1n) is 11.0. The van der Waals surface area contributed by atoms with Gasteiger partial charge in [-0.1, -0.05) is 35.5 Å². The van der Waals surface area contributed by atoms with Gasteiger partial charge in [0.1, 0.15) is 18.0 Å². The second kappa shape index (κ2) is 10.8. The summed E-state index contributed by atoms with van der Waals surface area (Å²) in [6.07, 6.45) is 0. The molecule has 1 aromatic heterocycles. The second-order valence-corrected chi connectivity index (χ2v) is 7.78. The van der Waals surface area contributed by atoms with Gasteiger partial charge in [-0.15, -0.1) is 0 Å². The lowest BCUT2D eigenvalue weighted by Crippen LogP contribution is -2.47. The van der Waals surface area contributed by atoms with E-state index in [0.717, 1.165) is 5.56 Å². The third kappa shape index (κ3) is 5.37. The van der Waals surface area contributed by atoms with Crippen molar-refractivity contribution in [2.24, 2.45) is 0 Å². The molecule has 1 fully saturated rings. The summed E-state index contributed by atoms with van der Waals surface area (Å²) < 4.78 is 21.5. The van der Waals surface area contributed by atoms with Crippen molar-refractivity contribution in [3.63, 3.8) is 0 Å². The van der Waals surface area contributed by atoms with Crippen LogP contribution in [0.2, 0.25) is 0 Å². The van der Waals surface area contributed by atoms with Crippen LogP contribution in [0.15, 0.2) is 59.1 Å². The molecule has 1 aliphatic rings. The van der Waals surface area contributed by atoms with E-state index in [0.29, 0.717) is 49.1 Å². The van der Waals surface area contributed by atoms with E-state index < -0.39 is 5.91 Å². The molecule has 0 aliphatic carbocycles. The van der Waals surface area contributed by atoms with Gasteiger partial charge < -0.3 is 28.5 Å². The number of amides is 2. The highest BCUT2D eigenvalue weighted by atomic mass is 16.5. The molecular formula is C25H27N3O6. The zero-order valence-electron chi connectivity index (χ0n) is 19.2. The van der Waals surface area contributed by atoms with Gasteiger partial charge in [0.2, 0.25) is 5.91 Å². The Balaban J connectivity index is 1.59. The Bertz CT molecular complexity index is 1120. The number of hydrogen-bond donors (Lipinski definition) is 0.